The Kier molecular flexibility index (Phi) is 5.99. The second kappa shape index (κ2) is 7.98. The first kappa shape index (κ1) is 15.8. The topological polar surface area (TPSA) is 49.8 Å². The van der Waals surface area contributed by atoms with Gasteiger partial charge >= 0.3 is 0 Å². The molecule has 0 amide bonds. The van der Waals surface area contributed by atoms with Crippen molar-refractivity contribution in [3.63, 3.8) is 0 Å². The number of aromatic nitrogens is 2. The third-order valence-electron chi connectivity index (χ3n) is 3.37. The Morgan fingerprint density at radius 3 is 2.48 bits per heavy atom. The van der Waals surface area contributed by atoms with Crippen LogP contribution in [0.1, 0.15) is 42.7 Å². The van der Waals surface area contributed by atoms with Crippen molar-refractivity contribution in [1.82, 2.24) is 9.97 Å². The zero-order chi connectivity index (χ0) is 15.1. The fraction of sp³-hybridized carbons (Fsp3) is 0.500. The molecule has 0 aliphatic heterocycles. The number of hydrogen-bond donors (Lipinski definition) is 2. The predicted octanol–water partition coefficient (Wildman–Crippen LogP) is 4.23. The van der Waals surface area contributed by atoms with Crippen molar-refractivity contribution in [3.8, 4) is 0 Å². The van der Waals surface area contributed by atoms with Gasteiger partial charge in [0.2, 0.25) is 0 Å². The summed E-state index contributed by atoms with van der Waals surface area (Å²) in [5, 5.41) is 9.01. The highest BCUT2D eigenvalue weighted by Gasteiger charge is 2.11. The molecule has 2 aromatic heterocycles. The number of hydrogen-bond acceptors (Lipinski definition) is 5. The molecule has 2 aromatic rings. The number of rotatable bonds is 8. The summed E-state index contributed by atoms with van der Waals surface area (Å²) in [4.78, 5) is 10.2. The van der Waals surface area contributed by atoms with Gasteiger partial charge in [0, 0.05) is 17.0 Å². The number of nitrogens with zero attached hydrogens (tertiary/aromatic N) is 2. The molecule has 0 aromatic carbocycles. The SMILES string of the molecule is CCCNc1ncnc(NCc2sccc2C)c1CCC. The van der Waals surface area contributed by atoms with Gasteiger partial charge in [0.1, 0.15) is 18.0 Å². The van der Waals surface area contributed by atoms with Gasteiger partial charge in [-0.15, -0.1) is 11.3 Å². The van der Waals surface area contributed by atoms with Crippen LogP contribution in [-0.2, 0) is 13.0 Å². The van der Waals surface area contributed by atoms with E-state index in [9.17, 15) is 0 Å². The van der Waals surface area contributed by atoms with Crippen molar-refractivity contribution in [2.45, 2.75) is 46.6 Å². The van der Waals surface area contributed by atoms with Crippen molar-refractivity contribution in [2.75, 3.05) is 17.2 Å². The minimum atomic E-state index is 0.824. The van der Waals surface area contributed by atoms with E-state index in [0.29, 0.717) is 0 Å². The summed E-state index contributed by atoms with van der Waals surface area (Å²) in [6, 6.07) is 2.16. The molecule has 0 spiro atoms. The molecule has 21 heavy (non-hydrogen) atoms. The van der Waals surface area contributed by atoms with E-state index in [-0.39, 0.29) is 0 Å². The molecule has 2 heterocycles. The first-order valence-electron chi connectivity index (χ1n) is 7.60. The third kappa shape index (κ3) is 4.17. The predicted molar refractivity (Wildman–Crippen MR) is 91.2 cm³/mol. The summed E-state index contributed by atoms with van der Waals surface area (Å²) in [5.74, 6) is 1.93. The van der Waals surface area contributed by atoms with Gasteiger partial charge < -0.3 is 10.6 Å². The maximum absolute atomic E-state index is 4.44. The zero-order valence-corrected chi connectivity index (χ0v) is 13.9. The molecule has 0 aliphatic carbocycles. The van der Waals surface area contributed by atoms with Gasteiger partial charge in [-0.05, 0) is 36.8 Å². The Morgan fingerprint density at radius 1 is 1.10 bits per heavy atom. The number of aryl methyl sites for hydroxylation is 1. The second-order valence-corrected chi connectivity index (χ2v) is 6.11. The molecule has 0 fully saturated rings. The molecular weight excluding hydrogens is 280 g/mol. The Balaban J connectivity index is 2.15. The lowest BCUT2D eigenvalue weighted by Crippen LogP contribution is -2.10. The number of anilines is 2. The van der Waals surface area contributed by atoms with Crippen LogP contribution in [0.5, 0.6) is 0 Å². The van der Waals surface area contributed by atoms with Crippen molar-refractivity contribution in [2.24, 2.45) is 0 Å². The molecule has 0 radical (unpaired) electrons. The second-order valence-electron chi connectivity index (χ2n) is 5.11. The van der Waals surface area contributed by atoms with Gasteiger partial charge in [0.25, 0.3) is 0 Å². The van der Waals surface area contributed by atoms with E-state index in [1.54, 1.807) is 17.7 Å². The molecule has 4 nitrogen and oxygen atoms in total. The van der Waals surface area contributed by atoms with Crippen LogP contribution in [-0.4, -0.2) is 16.5 Å². The largest absolute Gasteiger partial charge is 0.370 e. The molecule has 0 unspecified atom stereocenters. The molecule has 0 bridgehead atoms. The Labute approximate surface area is 131 Å². The first-order valence-corrected chi connectivity index (χ1v) is 8.48. The number of nitrogens with one attached hydrogen (secondary N) is 2. The van der Waals surface area contributed by atoms with E-state index in [1.807, 2.05) is 0 Å². The zero-order valence-electron chi connectivity index (χ0n) is 13.1. The normalized spacial score (nSPS) is 10.6. The molecule has 0 aliphatic rings. The van der Waals surface area contributed by atoms with Crippen molar-refractivity contribution >= 4 is 23.0 Å². The maximum atomic E-state index is 4.44. The van der Waals surface area contributed by atoms with E-state index in [1.165, 1.54) is 16.0 Å². The van der Waals surface area contributed by atoms with Gasteiger partial charge in [-0.3, -0.25) is 0 Å². The Bertz CT molecular complexity index is 565. The Hall–Kier alpha value is -1.62. The maximum Gasteiger partial charge on any atom is 0.135 e. The van der Waals surface area contributed by atoms with Crippen LogP contribution in [0.2, 0.25) is 0 Å². The van der Waals surface area contributed by atoms with Gasteiger partial charge in [0.15, 0.2) is 0 Å². The van der Waals surface area contributed by atoms with Gasteiger partial charge in [-0.1, -0.05) is 20.3 Å². The van der Waals surface area contributed by atoms with Crippen molar-refractivity contribution < 1.29 is 0 Å². The molecule has 0 atom stereocenters. The van der Waals surface area contributed by atoms with E-state index in [4.69, 9.17) is 0 Å². The molecule has 114 valence electrons. The minimum absolute atomic E-state index is 0.824. The first-order chi connectivity index (χ1) is 10.3. The minimum Gasteiger partial charge on any atom is -0.370 e. The molecular formula is C16H24N4S. The summed E-state index contributed by atoms with van der Waals surface area (Å²) >= 11 is 1.78. The Morgan fingerprint density at radius 2 is 1.86 bits per heavy atom. The summed E-state index contributed by atoms with van der Waals surface area (Å²) < 4.78 is 0. The average molecular weight is 304 g/mol. The van der Waals surface area contributed by atoms with Gasteiger partial charge in [0.05, 0.1) is 6.54 Å². The smallest absolute Gasteiger partial charge is 0.135 e. The van der Waals surface area contributed by atoms with E-state index in [0.717, 1.165) is 44.0 Å². The highest BCUT2D eigenvalue weighted by atomic mass is 32.1. The van der Waals surface area contributed by atoms with Crippen LogP contribution in [0, 0.1) is 6.92 Å². The van der Waals surface area contributed by atoms with E-state index < -0.39 is 0 Å². The standard InChI is InChI=1S/C16H24N4S/c1-4-6-13-15(17-8-5-2)19-11-20-16(13)18-10-14-12(3)7-9-21-14/h7,9,11H,4-6,8,10H2,1-3H3,(H2,17,18,19,20). The third-order valence-corrected chi connectivity index (χ3v) is 4.40. The summed E-state index contributed by atoms with van der Waals surface area (Å²) in [5.41, 5.74) is 2.53. The van der Waals surface area contributed by atoms with Crippen LogP contribution in [0.4, 0.5) is 11.6 Å². The number of thiophene rings is 1. The monoisotopic (exact) mass is 304 g/mol. The van der Waals surface area contributed by atoms with Crippen LogP contribution in [0.3, 0.4) is 0 Å². The lowest BCUT2D eigenvalue weighted by molar-refractivity contribution is 0.886. The van der Waals surface area contributed by atoms with Gasteiger partial charge in [-0.25, -0.2) is 9.97 Å². The fourth-order valence-corrected chi connectivity index (χ4v) is 3.04. The van der Waals surface area contributed by atoms with Crippen LogP contribution in [0.15, 0.2) is 17.8 Å². The highest BCUT2D eigenvalue weighted by Crippen LogP contribution is 2.23. The van der Waals surface area contributed by atoms with E-state index in [2.05, 4.69) is 52.8 Å². The van der Waals surface area contributed by atoms with Crippen molar-refractivity contribution in [1.29, 1.82) is 0 Å². The molecule has 0 saturated heterocycles. The average Bonchev–Trinajstić information content (AvgIpc) is 2.90. The van der Waals surface area contributed by atoms with Crippen LogP contribution >= 0.6 is 11.3 Å². The summed E-state index contributed by atoms with van der Waals surface area (Å²) in [6.07, 6.45) is 4.80. The lowest BCUT2D eigenvalue weighted by Gasteiger charge is -2.14. The molecule has 5 heteroatoms. The highest BCUT2D eigenvalue weighted by molar-refractivity contribution is 7.10. The fourth-order valence-electron chi connectivity index (χ4n) is 2.20. The van der Waals surface area contributed by atoms with Crippen LogP contribution < -0.4 is 10.6 Å². The van der Waals surface area contributed by atoms with Crippen molar-refractivity contribution in [3.05, 3.63) is 33.8 Å². The summed E-state index contributed by atoms with van der Waals surface area (Å²) in [7, 11) is 0. The van der Waals surface area contributed by atoms with E-state index >= 15 is 0 Å². The molecule has 2 rings (SSSR count). The molecule has 2 N–H and O–H groups in total. The lowest BCUT2D eigenvalue weighted by atomic mass is 10.1. The molecule has 0 saturated carbocycles. The van der Waals surface area contributed by atoms with Gasteiger partial charge in [-0.2, -0.15) is 0 Å². The quantitative estimate of drug-likeness (QED) is 0.766. The summed E-state index contributed by atoms with van der Waals surface area (Å²) in [6.45, 7) is 8.26. The van der Waals surface area contributed by atoms with Crippen LogP contribution in [0.25, 0.3) is 0 Å².